The summed E-state index contributed by atoms with van der Waals surface area (Å²) in [6, 6.07) is 10.1. The molecule has 0 spiro atoms. The van der Waals surface area contributed by atoms with Crippen LogP contribution in [0, 0.1) is 0 Å². The Kier molecular flexibility index (Phi) is 3.98. The smallest absolute Gasteiger partial charge is 0.134 e. The third-order valence-electron chi connectivity index (χ3n) is 3.11. The van der Waals surface area contributed by atoms with Crippen molar-refractivity contribution in [1.29, 1.82) is 0 Å². The number of aromatic nitrogens is 1. The van der Waals surface area contributed by atoms with E-state index in [0.29, 0.717) is 0 Å². The lowest BCUT2D eigenvalue weighted by Gasteiger charge is -2.14. The van der Waals surface area contributed by atoms with Gasteiger partial charge in [-0.25, -0.2) is 4.98 Å². The number of thiazole rings is 1. The van der Waals surface area contributed by atoms with Gasteiger partial charge in [-0.05, 0) is 23.6 Å². The lowest BCUT2D eigenvalue weighted by Crippen LogP contribution is -2.29. The van der Waals surface area contributed by atoms with E-state index >= 15 is 0 Å². The van der Waals surface area contributed by atoms with E-state index in [1.807, 2.05) is 29.6 Å². The molecule has 3 aromatic rings. The molecule has 1 atom stereocenters. The zero-order valence-corrected chi connectivity index (χ0v) is 12.6. The number of methoxy groups -OCH3 is 1. The lowest BCUT2D eigenvalue weighted by atomic mass is 10.2. The van der Waals surface area contributed by atoms with Gasteiger partial charge in [-0.1, -0.05) is 12.1 Å². The van der Waals surface area contributed by atoms with Gasteiger partial charge in [-0.3, -0.25) is 11.3 Å². The Morgan fingerprint density at radius 2 is 2.20 bits per heavy atom. The van der Waals surface area contributed by atoms with E-state index in [1.165, 1.54) is 4.70 Å². The fraction of sp³-hybridized carbons (Fsp3) is 0.214. The molecule has 0 radical (unpaired) electrons. The van der Waals surface area contributed by atoms with Gasteiger partial charge in [0.1, 0.15) is 5.75 Å². The normalized spacial score (nSPS) is 12.7. The van der Waals surface area contributed by atoms with Crippen LogP contribution in [0.15, 0.2) is 35.7 Å². The first-order valence-electron chi connectivity index (χ1n) is 6.23. The Hall–Kier alpha value is -1.47. The highest BCUT2D eigenvalue weighted by Gasteiger charge is 2.18. The van der Waals surface area contributed by atoms with Gasteiger partial charge in [0.05, 0.1) is 33.3 Å². The van der Waals surface area contributed by atoms with Gasteiger partial charge in [-0.15, -0.1) is 22.7 Å². The Bertz CT molecular complexity index is 674. The van der Waals surface area contributed by atoms with E-state index in [4.69, 9.17) is 10.6 Å². The minimum atomic E-state index is 0.0190. The lowest BCUT2D eigenvalue weighted by molar-refractivity contribution is 0.403. The number of para-hydroxylation sites is 1. The van der Waals surface area contributed by atoms with Crippen molar-refractivity contribution in [3.8, 4) is 5.75 Å². The summed E-state index contributed by atoms with van der Waals surface area (Å²) in [6.45, 7) is 0. The number of ether oxygens (including phenoxy) is 1. The molecule has 0 amide bonds. The van der Waals surface area contributed by atoms with Crippen molar-refractivity contribution in [2.75, 3.05) is 7.11 Å². The number of nitrogens with one attached hydrogen (secondary N) is 1. The molecule has 4 nitrogen and oxygen atoms in total. The predicted octanol–water partition coefficient (Wildman–Crippen LogP) is 3.11. The molecule has 3 N–H and O–H groups in total. The van der Waals surface area contributed by atoms with Crippen LogP contribution in [-0.4, -0.2) is 12.1 Å². The average molecular weight is 305 g/mol. The summed E-state index contributed by atoms with van der Waals surface area (Å²) in [5, 5.41) is 3.08. The molecule has 0 aliphatic rings. The summed E-state index contributed by atoms with van der Waals surface area (Å²) in [5.41, 5.74) is 3.91. The van der Waals surface area contributed by atoms with Crippen molar-refractivity contribution in [3.05, 3.63) is 45.6 Å². The molecule has 0 saturated heterocycles. The molecular formula is C14H15N3OS2. The molecule has 0 bridgehead atoms. The van der Waals surface area contributed by atoms with Crippen LogP contribution < -0.4 is 16.0 Å². The third-order valence-corrected chi connectivity index (χ3v) is 5.18. The molecule has 0 saturated carbocycles. The maximum atomic E-state index is 5.71. The monoisotopic (exact) mass is 305 g/mol. The summed E-state index contributed by atoms with van der Waals surface area (Å²) in [6.07, 6.45) is 0.757. The highest BCUT2D eigenvalue weighted by molar-refractivity contribution is 7.18. The number of nitrogens with zero attached hydrogens (tertiary/aromatic N) is 1. The highest BCUT2D eigenvalue weighted by Crippen LogP contribution is 2.33. The number of hydrogen-bond acceptors (Lipinski definition) is 6. The van der Waals surface area contributed by atoms with Crippen LogP contribution in [0.4, 0.5) is 0 Å². The first-order valence-corrected chi connectivity index (χ1v) is 7.93. The van der Waals surface area contributed by atoms with Crippen LogP contribution in [0.5, 0.6) is 5.75 Å². The van der Waals surface area contributed by atoms with Gasteiger partial charge < -0.3 is 4.74 Å². The first-order chi connectivity index (χ1) is 9.81. The van der Waals surface area contributed by atoms with E-state index < -0.39 is 0 Å². The van der Waals surface area contributed by atoms with Gasteiger partial charge in [0, 0.05) is 6.42 Å². The van der Waals surface area contributed by atoms with Gasteiger partial charge in [0.25, 0.3) is 0 Å². The third kappa shape index (κ3) is 2.55. The summed E-state index contributed by atoms with van der Waals surface area (Å²) in [5.74, 6) is 6.58. The molecule has 2 heterocycles. The van der Waals surface area contributed by atoms with Crippen molar-refractivity contribution < 1.29 is 4.74 Å². The van der Waals surface area contributed by atoms with Crippen LogP contribution in [0.25, 0.3) is 10.2 Å². The van der Waals surface area contributed by atoms with Crippen molar-refractivity contribution >= 4 is 32.9 Å². The standard InChI is InChI=1S/C14H15N3OS2/c1-18-11-6-7-19-14(11)10(17-15)8-13-16-9-4-2-3-5-12(9)20-13/h2-7,10,17H,8,15H2,1H3. The Labute approximate surface area is 125 Å². The number of hydrazine groups is 1. The van der Waals surface area contributed by atoms with Crippen LogP contribution in [0.2, 0.25) is 0 Å². The zero-order chi connectivity index (χ0) is 13.9. The molecule has 0 fully saturated rings. The topological polar surface area (TPSA) is 60.2 Å². The van der Waals surface area contributed by atoms with Crippen LogP contribution in [-0.2, 0) is 6.42 Å². The maximum Gasteiger partial charge on any atom is 0.134 e. The van der Waals surface area contributed by atoms with E-state index in [1.54, 1.807) is 29.8 Å². The summed E-state index contributed by atoms with van der Waals surface area (Å²) < 4.78 is 6.57. The van der Waals surface area contributed by atoms with Gasteiger partial charge >= 0.3 is 0 Å². The van der Waals surface area contributed by atoms with Gasteiger partial charge in [0.15, 0.2) is 0 Å². The molecule has 1 aromatic carbocycles. The minimum Gasteiger partial charge on any atom is -0.496 e. The zero-order valence-electron chi connectivity index (χ0n) is 11.0. The van der Waals surface area contributed by atoms with E-state index in [2.05, 4.69) is 16.5 Å². The number of fused-ring (bicyclic) bond motifs is 1. The number of rotatable bonds is 5. The van der Waals surface area contributed by atoms with Gasteiger partial charge in [0.2, 0.25) is 0 Å². The average Bonchev–Trinajstić information content (AvgIpc) is 3.10. The van der Waals surface area contributed by atoms with Crippen molar-refractivity contribution in [2.45, 2.75) is 12.5 Å². The van der Waals surface area contributed by atoms with Crippen molar-refractivity contribution in [3.63, 3.8) is 0 Å². The minimum absolute atomic E-state index is 0.0190. The number of benzene rings is 1. The number of hydrogen-bond donors (Lipinski definition) is 2. The summed E-state index contributed by atoms with van der Waals surface area (Å²) in [7, 11) is 1.68. The Morgan fingerprint density at radius 3 is 2.95 bits per heavy atom. The molecule has 2 aromatic heterocycles. The fourth-order valence-corrected chi connectivity index (χ4v) is 4.08. The first kappa shape index (κ1) is 13.5. The second-order valence-corrected chi connectivity index (χ2v) is 6.41. The van der Waals surface area contributed by atoms with Crippen LogP contribution in [0.3, 0.4) is 0 Å². The van der Waals surface area contributed by atoms with Crippen LogP contribution in [0.1, 0.15) is 15.9 Å². The number of nitrogens with two attached hydrogens (primary N) is 1. The van der Waals surface area contributed by atoms with Crippen molar-refractivity contribution in [2.24, 2.45) is 5.84 Å². The number of thiophene rings is 1. The van der Waals surface area contributed by atoms with Crippen LogP contribution >= 0.6 is 22.7 Å². The molecule has 20 heavy (non-hydrogen) atoms. The Balaban J connectivity index is 1.87. The largest absolute Gasteiger partial charge is 0.496 e. The maximum absolute atomic E-state index is 5.71. The molecule has 6 heteroatoms. The molecule has 1 unspecified atom stereocenters. The van der Waals surface area contributed by atoms with E-state index in [-0.39, 0.29) is 6.04 Å². The van der Waals surface area contributed by atoms with Crippen molar-refractivity contribution in [1.82, 2.24) is 10.4 Å². The predicted molar refractivity (Wildman–Crippen MR) is 84.3 cm³/mol. The molecular weight excluding hydrogens is 290 g/mol. The highest BCUT2D eigenvalue weighted by atomic mass is 32.1. The molecule has 0 aliphatic heterocycles. The second kappa shape index (κ2) is 5.88. The molecule has 3 rings (SSSR count). The van der Waals surface area contributed by atoms with Gasteiger partial charge in [-0.2, -0.15) is 0 Å². The fourth-order valence-electron chi connectivity index (χ4n) is 2.14. The van der Waals surface area contributed by atoms with E-state index in [0.717, 1.165) is 27.6 Å². The second-order valence-electron chi connectivity index (χ2n) is 4.35. The summed E-state index contributed by atoms with van der Waals surface area (Å²) >= 11 is 3.35. The molecule has 104 valence electrons. The van der Waals surface area contributed by atoms with E-state index in [9.17, 15) is 0 Å². The molecule has 0 aliphatic carbocycles. The SMILES string of the molecule is COc1ccsc1C(Cc1nc2ccccc2s1)NN. The quantitative estimate of drug-likeness (QED) is 0.562. The summed E-state index contributed by atoms with van der Waals surface area (Å²) in [4.78, 5) is 5.76. The Morgan fingerprint density at radius 1 is 1.35 bits per heavy atom.